The van der Waals surface area contributed by atoms with Crippen LogP contribution in [0, 0.1) is 11.3 Å². The third-order valence-electron chi connectivity index (χ3n) is 6.69. The maximum Gasteiger partial charge on any atom is 0.229 e. The number of nitrogens with zero attached hydrogens (tertiary/aromatic N) is 2. The summed E-state index contributed by atoms with van der Waals surface area (Å²) in [7, 11) is 0. The van der Waals surface area contributed by atoms with E-state index < -0.39 is 0 Å². The molecule has 0 aromatic rings. The van der Waals surface area contributed by atoms with E-state index in [1.54, 1.807) is 0 Å². The van der Waals surface area contributed by atoms with Crippen LogP contribution in [0.15, 0.2) is 0 Å². The molecule has 0 spiro atoms. The Morgan fingerprint density at radius 3 is 2.43 bits per heavy atom. The highest BCUT2D eigenvalue weighted by Crippen LogP contribution is 2.55. The van der Waals surface area contributed by atoms with E-state index in [1.807, 2.05) is 0 Å². The van der Waals surface area contributed by atoms with Crippen LogP contribution in [0.4, 0.5) is 0 Å². The van der Waals surface area contributed by atoms with Crippen LogP contribution in [0.2, 0.25) is 0 Å². The molecule has 0 aromatic carbocycles. The smallest absolute Gasteiger partial charge is 0.229 e. The molecule has 0 N–H and O–H groups in total. The first kappa shape index (κ1) is 14.0. The predicted octanol–water partition coefficient (Wildman–Crippen LogP) is 1.89. The van der Waals surface area contributed by atoms with Gasteiger partial charge >= 0.3 is 0 Å². The molecule has 4 nitrogen and oxygen atoms in total. The van der Waals surface area contributed by atoms with Gasteiger partial charge < -0.3 is 9.64 Å². The van der Waals surface area contributed by atoms with Crippen molar-refractivity contribution in [3.05, 3.63) is 0 Å². The van der Waals surface area contributed by atoms with Crippen LogP contribution < -0.4 is 0 Å². The number of carbonyl (C=O) groups excluding carboxylic acids is 1. The fourth-order valence-corrected chi connectivity index (χ4v) is 5.40. The lowest BCUT2D eigenvalue weighted by Crippen LogP contribution is -2.51. The molecule has 2 saturated carbocycles. The molecule has 0 aromatic heterocycles. The van der Waals surface area contributed by atoms with E-state index in [2.05, 4.69) is 16.7 Å². The SMILES string of the molecule is C[C@@H]1[C@H](N2CCOCC2)CCN1C(=O)C12CCC(CC1)C2. The summed E-state index contributed by atoms with van der Waals surface area (Å²) in [5, 5.41) is 0. The molecule has 2 aliphatic heterocycles. The van der Waals surface area contributed by atoms with E-state index in [0.717, 1.165) is 58.0 Å². The lowest BCUT2D eigenvalue weighted by molar-refractivity contribution is -0.143. The van der Waals surface area contributed by atoms with Gasteiger partial charge in [-0.1, -0.05) is 0 Å². The maximum atomic E-state index is 13.1. The van der Waals surface area contributed by atoms with Gasteiger partial charge in [-0.2, -0.15) is 0 Å². The molecule has 4 fully saturated rings. The Labute approximate surface area is 127 Å². The zero-order chi connectivity index (χ0) is 14.4. The number of fused-ring (bicyclic) bond motifs is 2. The summed E-state index contributed by atoms with van der Waals surface area (Å²) in [4.78, 5) is 17.9. The summed E-state index contributed by atoms with van der Waals surface area (Å²) >= 11 is 0. The van der Waals surface area contributed by atoms with Crippen molar-refractivity contribution in [3.63, 3.8) is 0 Å². The Kier molecular flexibility index (Phi) is 3.49. The number of ether oxygens (including phenoxy) is 1. The fraction of sp³-hybridized carbons (Fsp3) is 0.941. The van der Waals surface area contributed by atoms with Gasteiger partial charge in [0, 0.05) is 37.1 Å². The van der Waals surface area contributed by atoms with E-state index in [0.29, 0.717) is 18.0 Å². The number of likely N-dealkylation sites (tertiary alicyclic amines) is 1. The molecule has 2 aliphatic carbocycles. The lowest BCUT2D eigenvalue weighted by Gasteiger charge is -2.38. The molecule has 1 amide bonds. The van der Waals surface area contributed by atoms with Crippen LogP contribution in [-0.2, 0) is 9.53 Å². The second kappa shape index (κ2) is 5.24. The van der Waals surface area contributed by atoms with Gasteiger partial charge in [0.1, 0.15) is 0 Å². The maximum absolute atomic E-state index is 13.1. The van der Waals surface area contributed by atoms with Crippen molar-refractivity contribution in [3.8, 4) is 0 Å². The standard InChI is InChI=1S/C17H28N2O2/c1-13-15(18-8-10-21-11-9-18)4-7-19(13)16(20)17-5-2-14(12-17)3-6-17/h13-15H,2-12H2,1H3/t13-,14?,15-,17?/m1/s1. The van der Waals surface area contributed by atoms with Gasteiger partial charge in [-0.3, -0.25) is 9.69 Å². The van der Waals surface area contributed by atoms with Gasteiger partial charge in [0.15, 0.2) is 0 Å². The lowest BCUT2D eigenvalue weighted by atomic mass is 9.82. The number of hydrogen-bond donors (Lipinski definition) is 0. The number of hydrogen-bond acceptors (Lipinski definition) is 3. The van der Waals surface area contributed by atoms with Crippen molar-refractivity contribution in [2.45, 2.75) is 57.5 Å². The molecule has 2 saturated heterocycles. The summed E-state index contributed by atoms with van der Waals surface area (Å²) in [5.74, 6) is 1.34. The third-order valence-corrected chi connectivity index (χ3v) is 6.69. The molecular formula is C17H28N2O2. The van der Waals surface area contributed by atoms with Crippen molar-refractivity contribution >= 4 is 5.91 Å². The number of carbonyl (C=O) groups is 1. The van der Waals surface area contributed by atoms with Gasteiger partial charge in [-0.25, -0.2) is 0 Å². The number of rotatable bonds is 2. The molecule has 2 atom stereocenters. The van der Waals surface area contributed by atoms with Crippen molar-refractivity contribution in [2.24, 2.45) is 11.3 Å². The highest BCUT2D eigenvalue weighted by molar-refractivity contribution is 5.84. The highest BCUT2D eigenvalue weighted by atomic mass is 16.5. The van der Waals surface area contributed by atoms with Gasteiger partial charge in [-0.05, 0) is 51.4 Å². The van der Waals surface area contributed by atoms with E-state index >= 15 is 0 Å². The summed E-state index contributed by atoms with van der Waals surface area (Å²) in [6, 6.07) is 0.928. The minimum atomic E-state index is 0.0405. The van der Waals surface area contributed by atoms with Crippen LogP contribution in [0.5, 0.6) is 0 Å². The van der Waals surface area contributed by atoms with Crippen LogP contribution in [0.25, 0.3) is 0 Å². The van der Waals surface area contributed by atoms with E-state index in [4.69, 9.17) is 4.74 Å². The Morgan fingerprint density at radius 2 is 1.81 bits per heavy atom. The van der Waals surface area contributed by atoms with Crippen molar-refractivity contribution < 1.29 is 9.53 Å². The molecule has 21 heavy (non-hydrogen) atoms. The minimum absolute atomic E-state index is 0.0405. The molecular weight excluding hydrogens is 264 g/mol. The van der Waals surface area contributed by atoms with Crippen molar-refractivity contribution in [1.29, 1.82) is 0 Å². The van der Waals surface area contributed by atoms with Crippen molar-refractivity contribution in [2.75, 3.05) is 32.8 Å². The number of morpholine rings is 1. The molecule has 2 bridgehead atoms. The normalized spacial score (nSPS) is 43.7. The van der Waals surface area contributed by atoms with Crippen LogP contribution in [0.1, 0.15) is 45.4 Å². The van der Waals surface area contributed by atoms with E-state index in [9.17, 15) is 4.79 Å². The first-order valence-corrected chi connectivity index (χ1v) is 8.82. The molecule has 0 radical (unpaired) electrons. The average molecular weight is 292 g/mol. The molecule has 118 valence electrons. The van der Waals surface area contributed by atoms with Crippen LogP contribution in [0.3, 0.4) is 0 Å². The summed E-state index contributed by atoms with van der Waals surface area (Å²) in [5.41, 5.74) is 0.0405. The topological polar surface area (TPSA) is 32.8 Å². The van der Waals surface area contributed by atoms with Gasteiger partial charge in [-0.15, -0.1) is 0 Å². The summed E-state index contributed by atoms with van der Waals surface area (Å²) in [6.07, 6.45) is 7.22. The number of amides is 1. The van der Waals surface area contributed by atoms with Crippen LogP contribution in [-0.4, -0.2) is 60.6 Å². The van der Waals surface area contributed by atoms with Gasteiger partial charge in [0.2, 0.25) is 5.91 Å². The third kappa shape index (κ3) is 2.22. The molecule has 4 rings (SSSR count). The Hall–Kier alpha value is -0.610. The molecule has 4 aliphatic rings. The summed E-state index contributed by atoms with van der Waals surface area (Å²) < 4.78 is 5.47. The second-order valence-corrected chi connectivity index (χ2v) is 7.67. The van der Waals surface area contributed by atoms with Gasteiger partial charge in [0.25, 0.3) is 0 Å². The Bertz CT molecular complexity index is 411. The first-order chi connectivity index (χ1) is 10.2. The van der Waals surface area contributed by atoms with E-state index in [-0.39, 0.29) is 5.41 Å². The minimum Gasteiger partial charge on any atom is -0.379 e. The highest BCUT2D eigenvalue weighted by Gasteiger charge is 2.53. The Balaban J connectivity index is 1.45. The first-order valence-electron chi connectivity index (χ1n) is 8.82. The molecule has 2 heterocycles. The molecule has 4 heteroatoms. The second-order valence-electron chi connectivity index (χ2n) is 7.67. The fourth-order valence-electron chi connectivity index (χ4n) is 5.40. The van der Waals surface area contributed by atoms with Crippen molar-refractivity contribution in [1.82, 2.24) is 9.80 Å². The largest absolute Gasteiger partial charge is 0.379 e. The van der Waals surface area contributed by atoms with Gasteiger partial charge in [0.05, 0.1) is 13.2 Å². The zero-order valence-electron chi connectivity index (χ0n) is 13.2. The zero-order valence-corrected chi connectivity index (χ0v) is 13.2. The summed E-state index contributed by atoms with van der Waals surface area (Å²) in [6.45, 7) is 7.00. The average Bonchev–Trinajstić information content (AvgIpc) is 3.22. The molecule has 0 unspecified atom stereocenters. The predicted molar refractivity (Wildman–Crippen MR) is 81.0 cm³/mol. The monoisotopic (exact) mass is 292 g/mol. The quantitative estimate of drug-likeness (QED) is 0.779. The van der Waals surface area contributed by atoms with E-state index in [1.165, 1.54) is 19.3 Å². The van der Waals surface area contributed by atoms with Crippen LogP contribution >= 0.6 is 0 Å². The Morgan fingerprint density at radius 1 is 1.10 bits per heavy atom.